The Balaban J connectivity index is 2.80. The van der Waals surface area contributed by atoms with Crippen LogP contribution in [0.25, 0.3) is 0 Å². The van der Waals surface area contributed by atoms with Gasteiger partial charge in [-0.25, -0.2) is 0 Å². The first-order chi connectivity index (χ1) is 4.72. The van der Waals surface area contributed by atoms with E-state index in [-0.39, 0.29) is 10.6 Å². The van der Waals surface area contributed by atoms with Crippen LogP contribution in [0.5, 0.6) is 0 Å². The number of allylic oxidation sites excluding steroid dienone is 4. The summed E-state index contributed by atoms with van der Waals surface area (Å²) < 4.78 is 0. The summed E-state index contributed by atoms with van der Waals surface area (Å²) in [6.45, 7) is 1.60. The summed E-state index contributed by atoms with van der Waals surface area (Å²) in [4.78, 5) is 11.1. The third-order valence-corrected chi connectivity index (χ3v) is 2.37. The molecular formula is C8H9BrO. The van der Waals surface area contributed by atoms with Crippen LogP contribution >= 0.6 is 15.9 Å². The van der Waals surface area contributed by atoms with E-state index < -0.39 is 0 Å². The number of hydrogen-bond acceptors (Lipinski definition) is 1. The molecule has 0 saturated carbocycles. The summed E-state index contributed by atoms with van der Waals surface area (Å²) in [6.07, 6.45) is 6.76. The standard InChI is InChI=1S/C8H9BrO/c1-6(10)7-4-2-3-5-8(7)9/h2-4,8H,5H2,1H3. The van der Waals surface area contributed by atoms with Gasteiger partial charge in [-0.05, 0) is 13.3 Å². The Hall–Kier alpha value is -0.370. The maximum absolute atomic E-state index is 10.9. The number of Topliss-reactive ketones (excluding diaryl/α,β-unsaturated/α-hetero) is 1. The SMILES string of the molecule is CC(=O)C1=CC=CCC1Br. The van der Waals surface area contributed by atoms with Crippen molar-refractivity contribution in [2.45, 2.75) is 18.2 Å². The number of halogens is 1. The van der Waals surface area contributed by atoms with Crippen LogP contribution in [-0.4, -0.2) is 10.6 Å². The van der Waals surface area contributed by atoms with Gasteiger partial charge in [-0.1, -0.05) is 34.2 Å². The molecule has 1 unspecified atom stereocenters. The normalized spacial score (nSPS) is 24.2. The second-order valence-corrected chi connectivity index (χ2v) is 3.41. The van der Waals surface area contributed by atoms with Gasteiger partial charge in [-0.2, -0.15) is 0 Å². The Morgan fingerprint density at radius 2 is 2.50 bits per heavy atom. The van der Waals surface area contributed by atoms with Gasteiger partial charge < -0.3 is 0 Å². The largest absolute Gasteiger partial charge is 0.295 e. The third-order valence-electron chi connectivity index (χ3n) is 1.50. The highest BCUT2D eigenvalue weighted by molar-refractivity contribution is 9.09. The molecule has 0 fully saturated rings. The Kier molecular flexibility index (Phi) is 2.44. The molecule has 1 atom stereocenters. The molecule has 0 aromatic rings. The van der Waals surface area contributed by atoms with Crippen LogP contribution in [0.2, 0.25) is 0 Å². The smallest absolute Gasteiger partial charge is 0.156 e. The van der Waals surface area contributed by atoms with Gasteiger partial charge in [0.25, 0.3) is 0 Å². The average molecular weight is 201 g/mol. The van der Waals surface area contributed by atoms with Gasteiger partial charge in [0.05, 0.1) is 0 Å². The molecule has 0 amide bonds. The predicted octanol–water partition coefficient (Wildman–Crippen LogP) is 2.23. The van der Waals surface area contributed by atoms with Gasteiger partial charge in [0.2, 0.25) is 0 Å². The zero-order valence-electron chi connectivity index (χ0n) is 5.80. The van der Waals surface area contributed by atoms with Crippen molar-refractivity contribution in [1.82, 2.24) is 0 Å². The molecule has 0 saturated heterocycles. The van der Waals surface area contributed by atoms with E-state index in [1.54, 1.807) is 6.92 Å². The van der Waals surface area contributed by atoms with Crippen molar-refractivity contribution in [3.63, 3.8) is 0 Å². The van der Waals surface area contributed by atoms with Crippen molar-refractivity contribution in [2.75, 3.05) is 0 Å². The topological polar surface area (TPSA) is 17.1 Å². The zero-order valence-corrected chi connectivity index (χ0v) is 7.39. The highest BCUT2D eigenvalue weighted by Crippen LogP contribution is 2.20. The van der Waals surface area contributed by atoms with Gasteiger partial charge in [0.1, 0.15) is 0 Å². The van der Waals surface area contributed by atoms with E-state index in [2.05, 4.69) is 15.9 Å². The molecule has 0 radical (unpaired) electrons. The molecule has 1 rings (SSSR count). The van der Waals surface area contributed by atoms with Crippen LogP contribution < -0.4 is 0 Å². The van der Waals surface area contributed by atoms with Crippen LogP contribution in [0, 0.1) is 0 Å². The quantitative estimate of drug-likeness (QED) is 0.594. The van der Waals surface area contributed by atoms with E-state index >= 15 is 0 Å². The van der Waals surface area contributed by atoms with Crippen molar-refractivity contribution in [1.29, 1.82) is 0 Å². The van der Waals surface area contributed by atoms with E-state index in [0.29, 0.717) is 0 Å². The summed E-state index contributed by atoms with van der Waals surface area (Å²) in [5.74, 6) is 0.159. The molecule has 2 heteroatoms. The lowest BCUT2D eigenvalue weighted by molar-refractivity contribution is -0.113. The van der Waals surface area contributed by atoms with Crippen LogP contribution in [0.4, 0.5) is 0 Å². The first kappa shape index (κ1) is 7.73. The molecule has 1 aliphatic carbocycles. The predicted molar refractivity (Wildman–Crippen MR) is 45.2 cm³/mol. The molecule has 10 heavy (non-hydrogen) atoms. The number of ketones is 1. The first-order valence-corrected chi connectivity index (χ1v) is 4.15. The minimum atomic E-state index is 0.159. The van der Waals surface area contributed by atoms with Gasteiger partial charge in [0.15, 0.2) is 5.78 Å². The third kappa shape index (κ3) is 1.57. The Morgan fingerprint density at radius 3 is 2.90 bits per heavy atom. The summed E-state index contributed by atoms with van der Waals surface area (Å²) in [6, 6.07) is 0. The second kappa shape index (κ2) is 3.15. The van der Waals surface area contributed by atoms with Gasteiger partial charge in [0, 0.05) is 10.4 Å². The Labute approximate surface area is 68.9 Å². The zero-order chi connectivity index (χ0) is 7.56. The summed E-state index contributed by atoms with van der Waals surface area (Å²) in [5.41, 5.74) is 0.877. The minimum absolute atomic E-state index is 0.159. The maximum atomic E-state index is 10.9. The molecule has 0 spiro atoms. The van der Waals surface area contributed by atoms with Crippen LogP contribution in [0.15, 0.2) is 23.8 Å². The second-order valence-electron chi connectivity index (χ2n) is 2.31. The van der Waals surface area contributed by atoms with Crippen molar-refractivity contribution in [2.24, 2.45) is 0 Å². The van der Waals surface area contributed by atoms with Crippen molar-refractivity contribution >= 4 is 21.7 Å². The maximum Gasteiger partial charge on any atom is 0.156 e. The lowest BCUT2D eigenvalue weighted by Crippen LogP contribution is -2.10. The van der Waals surface area contributed by atoms with E-state index in [0.717, 1.165) is 12.0 Å². The van der Waals surface area contributed by atoms with Crippen molar-refractivity contribution < 1.29 is 4.79 Å². The molecule has 0 bridgehead atoms. The van der Waals surface area contributed by atoms with Crippen LogP contribution in [0.1, 0.15) is 13.3 Å². The monoisotopic (exact) mass is 200 g/mol. The van der Waals surface area contributed by atoms with E-state index in [4.69, 9.17) is 0 Å². The van der Waals surface area contributed by atoms with E-state index in [9.17, 15) is 4.79 Å². The molecule has 0 aliphatic heterocycles. The highest BCUT2D eigenvalue weighted by atomic mass is 79.9. The fourth-order valence-electron chi connectivity index (χ4n) is 0.939. The lowest BCUT2D eigenvalue weighted by atomic mass is 10.0. The van der Waals surface area contributed by atoms with Gasteiger partial charge in [-0.3, -0.25) is 4.79 Å². The first-order valence-electron chi connectivity index (χ1n) is 3.23. The molecule has 1 nitrogen and oxygen atoms in total. The van der Waals surface area contributed by atoms with Crippen LogP contribution in [0.3, 0.4) is 0 Å². The average Bonchev–Trinajstić information content (AvgIpc) is 1.88. The van der Waals surface area contributed by atoms with Crippen molar-refractivity contribution in [3.8, 4) is 0 Å². The molecular weight excluding hydrogens is 192 g/mol. The Bertz CT molecular complexity index is 203. The van der Waals surface area contributed by atoms with Crippen LogP contribution in [-0.2, 0) is 4.79 Å². The Morgan fingerprint density at radius 1 is 1.80 bits per heavy atom. The number of carbonyl (C=O) groups excluding carboxylic acids is 1. The molecule has 0 N–H and O–H groups in total. The number of alkyl halides is 1. The fraction of sp³-hybridized carbons (Fsp3) is 0.375. The summed E-state index contributed by atoms with van der Waals surface area (Å²) in [7, 11) is 0. The number of rotatable bonds is 1. The molecule has 0 aromatic carbocycles. The van der Waals surface area contributed by atoms with Gasteiger partial charge in [-0.15, -0.1) is 0 Å². The molecule has 1 aliphatic rings. The lowest BCUT2D eigenvalue weighted by Gasteiger charge is -2.11. The fourth-order valence-corrected chi connectivity index (χ4v) is 1.63. The number of hydrogen-bond donors (Lipinski definition) is 0. The number of carbonyl (C=O) groups is 1. The minimum Gasteiger partial charge on any atom is -0.295 e. The molecule has 54 valence electrons. The highest BCUT2D eigenvalue weighted by Gasteiger charge is 2.14. The molecule has 0 heterocycles. The summed E-state index contributed by atoms with van der Waals surface area (Å²) in [5, 5.41) is 0. The summed E-state index contributed by atoms with van der Waals surface area (Å²) >= 11 is 3.41. The molecule has 0 aromatic heterocycles. The van der Waals surface area contributed by atoms with E-state index in [1.165, 1.54) is 0 Å². The van der Waals surface area contributed by atoms with E-state index in [1.807, 2.05) is 18.2 Å². The van der Waals surface area contributed by atoms with Crippen molar-refractivity contribution in [3.05, 3.63) is 23.8 Å². The van der Waals surface area contributed by atoms with Gasteiger partial charge >= 0.3 is 0 Å².